The number of nitrogens with one attached hydrogen (secondary N) is 1. The van der Waals surface area contributed by atoms with Crippen molar-refractivity contribution < 1.29 is 23.8 Å². The molecule has 1 N–H and O–H groups in total. The molecule has 7 heteroatoms. The zero-order chi connectivity index (χ0) is 19.7. The van der Waals surface area contributed by atoms with E-state index in [1.165, 1.54) is 0 Å². The minimum atomic E-state index is -0.198. The maximum absolute atomic E-state index is 13.2. The van der Waals surface area contributed by atoms with Gasteiger partial charge in [0.1, 0.15) is 17.2 Å². The first-order chi connectivity index (χ1) is 13.6. The Bertz CT molecular complexity index is 927. The zero-order valence-corrected chi connectivity index (χ0v) is 15.9. The fraction of sp³-hybridized carbons (Fsp3) is 0.333. The number of amides is 2. The Morgan fingerprint density at radius 1 is 1.18 bits per heavy atom. The number of hydrogen-bond acceptors (Lipinski definition) is 5. The lowest BCUT2D eigenvalue weighted by atomic mass is 10.0. The molecule has 2 aromatic rings. The molecule has 1 saturated heterocycles. The first-order valence-corrected chi connectivity index (χ1v) is 9.20. The zero-order valence-electron chi connectivity index (χ0n) is 15.9. The minimum Gasteiger partial charge on any atom is -0.497 e. The number of rotatable bonds is 4. The second-order valence-corrected chi connectivity index (χ2v) is 6.81. The molecule has 1 unspecified atom stereocenters. The van der Waals surface area contributed by atoms with Gasteiger partial charge >= 0.3 is 0 Å². The predicted octanol–water partition coefficient (Wildman–Crippen LogP) is 3.01. The molecule has 0 spiro atoms. The number of benzene rings is 2. The van der Waals surface area contributed by atoms with Crippen molar-refractivity contribution in [3.8, 4) is 17.2 Å². The predicted molar refractivity (Wildman–Crippen MR) is 103 cm³/mol. The molecule has 0 saturated carbocycles. The highest BCUT2D eigenvalue weighted by Gasteiger charge is 2.33. The van der Waals surface area contributed by atoms with E-state index in [2.05, 4.69) is 5.32 Å². The van der Waals surface area contributed by atoms with E-state index < -0.39 is 0 Å². The summed E-state index contributed by atoms with van der Waals surface area (Å²) in [6.07, 6.45) is 1.76. The summed E-state index contributed by atoms with van der Waals surface area (Å²) >= 11 is 0. The molecular weight excluding hydrogens is 360 g/mol. The van der Waals surface area contributed by atoms with E-state index in [-0.39, 0.29) is 24.5 Å². The fourth-order valence-corrected chi connectivity index (χ4v) is 3.81. The number of methoxy groups -OCH3 is 2. The van der Waals surface area contributed by atoms with Gasteiger partial charge in [-0.05, 0) is 49.2 Å². The number of anilines is 1. The van der Waals surface area contributed by atoms with Crippen LogP contribution in [-0.2, 0) is 4.79 Å². The number of carbonyl (C=O) groups excluding carboxylic acids is 2. The van der Waals surface area contributed by atoms with Gasteiger partial charge in [0.15, 0.2) is 6.61 Å². The smallest absolute Gasteiger partial charge is 0.262 e. The standard InChI is InChI=1S/C21H22N2O5/c1-26-14-6-8-18(27-2)15(11-14)17-4-3-9-23(17)21(25)13-5-7-16-19(10-13)28-12-20(24)22-16/h5-8,10-11,17H,3-4,9,12H2,1-2H3,(H,22,24). The number of fused-ring (bicyclic) bond motifs is 1. The average Bonchev–Trinajstić information content (AvgIpc) is 3.22. The van der Waals surface area contributed by atoms with Gasteiger partial charge in [0.25, 0.3) is 11.8 Å². The van der Waals surface area contributed by atoms with Gasteiger partial charge in [-0.1, -0.05) is 0 Å². The van der Waals surface area contributed by atoms with Gasteiger partial charge < -0.3 is 24.4 Å². The van der Waals surface area contributed by atoms with Crippen LogP contribution in [-0.4, -0.2) is 44.1 Å². The molecule has 0 radical (unpaired) electrons. The second-order valence-electron chi connectivity index (χ2n) is 6.81. The van der Waals surface area contributed by atoms with Crippen molar-refractivity contribution in [3.05, 3.63) is 47.5 Å². The Kier molecular flexibility index (Phi) is 4.81. The van der Waals surface area contributed by atoms with Crippen molar-refractivity contribution in [1.82, 2.24) is 4.90 Å². The van der Waals surface area contributed by atoms with Gasteiger partial charge in [0, 0.05) is 17.7 Å². The normalized spacial score (nSPS) is 18.1. The molecule has 0 aliphatic carbocycles. The van der Waals surface area contributed by atoms with Crippen molar-refractivity contribution in [2.24, 2.45) is 0 Å². The van der Waals surface area contributed by atoms with Gasteiger partial charge in [-0.2, -0.15) is 0 Å². The van der Waals surface area contributed by atoms with Gasteiger partial charge in [0.05, 0.1) is 25.9 Å². The summed E-state index contributed by atoms with van der Waals surface area (Å²) < 4.78 is 16.3. The molecule has 2 aliphatic rings. The monoisotopic (exact) mass is 382 g/mol. The summed E-state index contributed by atoms with van der Waals surface area (Å²) in [5, 5.41) is 2.74. The van der Waals surface area contributed by atoms with Crippen LogP contribution in [0.15, 0.2) is 36.4 Å². The molecule has 28 heavy (non-hydrogen) atoms. The van der Waals surface area contributed by atoms with Crippen LogP contribution in [0.5, 0.6) is 17.2 Å². The lowest BCUT2D eigenvalue weighted by molar-refractivity contribution is -0.118. The van der Waals surface area contributed by atoms with Gasteiger partial charge in [-0.15, -0.1) is 0 Å². The number of hydrogen-bond donors (Lipinski definition) is 1. The maximum Gasteiger partial charge on any atom is 0.262 e. The van der Waals surface area contributed by atoms with Crippen molar-refractivity contribution in [3.63, 3.8) is 0 Å². The highest BCUT2D eigenvalue weighted by atomic mass is 16.5. The summed E-state index contributed by atoms with van der Waals surface area (Å²) in [5.41, 5.74) is 2.05. The number of carbonyl (C=O) groups is 2. The third-order valence-corrected chi connectivity index (χ3v) is 5.17. The lowest BCUT2D eigenvalue weighted by Gasteiger charge is -2.27. The summed E-state index contributed by atoms with van der Waals surface area (Å²) in [6.45, 7) is 0.622. The highest BCUT2D eigenvalue weighted by molar-refractivity contribution is 5.99. The first-order valence-electron chi connectivity index (χ1n) is 9.20. The third kappa shape index (κ3) is 3.24. The Morgan fingerprint density at radius 2 is 2.04 bits per heavy atom. The third-order valence-electron chi connectivity index (χ3n) is 5.17. The van der Waals surface area contributed by atoms with Crippen LogP contribution in [0.25, 0.3) is 0 Å². The molecule has 2 aliphatic heterocycles. The van der Waals surface area contributed by atoms with Gasteiger partial charge in [-0.25, -0.2) is 0 Å². The van der Waals surface area contributed by atoms with Crippen LogP contribution < -0.4 is 19.5 Å². The van der Waals surface area contributed by atoms with Crippen molar-refractivity contribution in [2.45, 2.75) is 18.9 Å². The summed E-state index contributed by atoms with van der Waals surface area (Å²) in [6, 6.07) is 10.7. The Balaban J connectivity index is 1.64. The first kappa shape index (κ1) is 18.2. The maximum atomic E-state index is 13.2. The molecule has 7 nitrogen and oxygen atoms in total. The fourth-order valence-electron chi connectivity index (χ4n) is 3.81. The summed E-state index contributed by atoms with van der Waals surface area (Å²) in [5.74, 6) is 1.71. The van der Waals surface area contributed by atoms with E-state index >= 15 is 0 Å². The lowest BCUT2D eigenvalue weighted by Crippen LogP contribution is -2.31. The highest BCUT2D eigenvalue weighted by Crippen LogP contribution is 2.40. The Morgan fingerprint density at radius 3 is 2.82 bits per heavy atom. The summed E-state index contributed by atoms with van der Waals surface area (Å²) in [4.78, 5) is 26.5. The van der Waals surface area contributed by atoms with Crippen molar-refractivity contribution in [1.29, 1.82) is 0 Å². The van der Waals surface area contributed by atoms with Crippen molar-refractivity contribution in [2.75, 3.05) is 32.7 Å². The van der Waals surface area contributed by atoms with E-state index in [1.807, 2.05) is 23.1 Å². The molecule has 1 fully saturated rings. The van der Waals surface area contributed by atoms with E-state index in [1.54, 1.807) is 32.4 Å². The number of nitrogens with zero attached hydrogens (tertiary/aromatic N) is 1. The topological polar surface area (TPSA) is 77.1 Å². The Hall–Kier alpha value is -3.22. The minimum absolute atomic E-state index is 0.0437. The molecule has 2 aromatic carbocycles. The molecule has 0 bridgehead atoms. The van der Waals surface area contributed by atoms with Crippen LogP contribution in [0.3, 0.4) is 0 Å². The van der Waals surface area contributed by atoms with Crippen LogP contribution >= 0.6 is 0 Å². The molecule has 146 valence electrons. The molecular formula is C21H22N2O5. The van der Waals surface area contributed by atoms with E-state index in [9.17, 15) is 9.59 Å². The molecule has 0 aromatic heterocycles. The van der Waals surface area contributed by atoms with Crippen molar-refractivity contribution >= 4 is 17.5 Å². The molecule has 1 atom stereocenters. The SMILES string of the molecule is COc1ccc(OC)c(C2CCCN2C(=O)c2ccc3c(c2)OCC(=O)N3)c1. The van der Waals surface area contributed by atoms with Gasteiger partial charge in [0.2, 0.25) is 0 Å². The van der Waals surface area contributed by atoms with E-state index in [0.717, 1.165) is 29.9 Å². The average molecular weight is 382 g/mol. The number of ether oxygens (including phenoxy) is 3. The van der Waals surface area contributed by atoms with Gasteiger partial charge in [-0.3, -0.25) is 9.59 Å². The quantitative estimate of drug-likeness (QED) is 0.880. The van der Waals surface area contributed by atoms with Crippen LogP contribution in [0.2, 0.25) is 0 Å². The Labute approximate surface area is 163 Å². The van der Waals surface area contributed by atoms with Crippen LogP contribution in [0, 0.1) is 0 Å². The molecule has 2 heterocycles. The van der Waals surface area contributed by atoms with Crippen LogP contribution in [0.4, 0.5) is 5.69 Å². The van der Waals surface area contributed by atoms with E-state index in [0.29, 0.717) is 23.5 Å². The van der Waals surface area contributed by atoms with Crippen LogP contribution in [0.1, 0.15) is 34.8 Å². The molecule has 4 rings (SSSR count). The molecule has 2 amide bonds. The largest absolute Gasteiger partial charge is 0.497 e. The number of likely N-dealkylation sites (tertiary alicyclic amines) is 1. The summed E-state index contributed by atoms with van der Waals surface area (Å²) in [7, 11) is 3.25. The second kappa shape index (κ2) is 7.42. The van der Waals surface area contributed by atoms with E-state index in [4.69, 9.17) is 14.2 Å².